The zero-order chi connectivity index (χ0) is 11.6. The summed E-state index contributed by atoms with van der Waals surface area (Å²) in [6.07, 6.45) is 7.54. The molecule has 1 aliphatic carbocycles. The molecule has 3 heteroatoms. The number of nitrogens with two attached hydrogens (primary N) is 1. The highest BCUT2D eigenvalue weighted by Gasteiger charge is 2.20. The Labute approximate surface area is 100 Å². The molecule has 0 spiro atoms. The molecule has 1 atom stereocenters. The molecule has 0 heterocycles. The van der Waals surface area contributed by atoms with Crippen molar-refractivity contribution in [1.29, 1.82) is 0 Å². The van der Waals surface area contributed by atoms with E-state index in [1.54, 1.807) is 0 Å². The van der Waals surface area contributed by atoms with Gasteiger partial charge in [0.15, 0.2) is 0 Å². The van der Waals surface area contributed by atoms with Crippen molar-refractivity contribution in [3.05, 3.63) is 0 Å². The number of ether oxygens (including phenoxy) is 1. The maximum Gasteiger partial charge on any atom is 0.0494 e. The second kappa shape index (κ2) is 8.97. The third-order valence-corrected chi connectivity index (χ3v) is 2.96. The van der Waals surface area contributed by atoms with Crippen LogP contribution in [0, 0.1) is 5.92 Å². The van der Waals surface area contributed by atoms with Gasteiger partial charge in [0.25, 0.3) is 0 Å². The zero-order valence-corrected chi connectivity index (χ0v) is 10.7. The number of unbranched alkanes of at least 4 members (excludes halogenated alkanes) is 1. The number of hydrogen-bond donors (Lipinski definition) is 2. The summed E-state index contributed by atoms with van der Waals surface area (Å²) in [5.41, 5.74) is 5.68. The van der Waals surface area contributed by atoms with E-state index in [9.17, 15) is 0 Å². The van der Waals surface area contributed by atoms with Crippen LogP contribution in [0.1, 0.15) is 45.4 Å². The topological polar surface area (TPSA) is 47.3 Å². The number of nitrogens with one attached hydrogen (secondary N) is 1. The Kier molecular flexibility index (Phi) is 7.81. The highest BCUT2D eigenvalue weighted by Crippen LogP contribution is 2.28. The van der Waals surface area contributed by atoms with Crippen molar-refractivity contribution in [1.82, 2.24) is 5.32 Å². The standard InChI is InChI=1S/C13H28N2O/c1-12(14)5-2-3-8-15-9-4-10-16-11-13-6-7-13/h12-13,15H,2-11,14H2,1H3. The molecule has 3 N–H and O–H groups in total. The minimum absolute atomic E-state index is 0.357. The molecular formula is C13H28N2O. The fourth-order valence-electron chi connectivity index (χ4n) is 1.68. The Morgan fingerprint density at radius 2 is 2.00 bits per heavy atom. The van der Waals surface area contributed by atoms with E-state index in [0.717, 1.165) is 45.1 Å². The summed E-state index contributed by atoms with van der Waals surface area (Å²) in [5, 5.41) is 3.44. The van der Waals surface area contributed by atoms with E-state index in [2.05, 4.69) is 12.2 Å². The van der Waals surface area contributed by atoms with Crippen molar-refractivity contribution in [2.75, 3.05) is 26.3 Å². The minimum Gasteiger partial charge on any atom is -0.381 e. The molecule has 3 nitrogen and oxygen atoms in total. The van der Waals surface area contributed by atoms with E-state index < -0.39 is 0 Å². The Bertz CT molecular complexity index is 148. The van der Waals surface area contributed by atoms with Crippen molar-refractivity contribution >= 4 is 0 Å². The molecule has 1 unspecified atom stereocenters. The van der Waals surface area contributed by atoms with Gasteiger partial charge in [-0.05, 0) is 58.0 Å². The molecule has 96 valence electrons. The van der Waals surface area contributed by atoms with Gasteiger partial charge in [0, 0.05) is 19.3 Å². The third kappa shape index (κ3) is 9.13. The lowest BCUT2D eigenvalue weighted by Crippen LogP contribution is -2.19. The van der Waals surface area contributed by atoms with Crippen LogP contribution in [-0.4, -0.2) is 32.3 Å². The molecule has 0 aromatic heterocycles. The van der Waals surface area contributed by atoms with Crippen molar-refractivity contribution in [2.45, 2.75) is 51.5 Å². The summed E-state index contributed by atoms with van der Waals surface area (Å²) in [4.78, 5) is 0. The van der Waals surface area contributed by atoms with Crippen molar-refractivity contribution in [2.24, 2.45) is 11.7 Å². The van der Waals surface area contributed by atoms with E-state index in [4.69, 9.17) is 10.5 Å². The van der Waals surface area contributed by atoms with Gasteiger partial charge in [-0.2, -0.15) is 0 Å². The smallest absolute Gasteiger partial charge is 0.0494 e. The molecule has 0 bridgehead atoms. The van der Waals surface area contributed by atoms with Crippen LogP contribution in [0.4, 0.5) is 0 Å². The maximum atomic E-state index is 5.68. The Morgan fingerprint density at radius 1 is 1.25 bits per heavy atom. The molecule has 1 aliphatic rings. The second-order valence-corrected chi connectivity index (χ2v) is 5.09. The van der Waals surface area contributed by atoms with Crippen LogP contribution in [-0.2, 0) is 4.74 Å². The fourth-order valence-corrected chi connectivity index (χ4v) is 1.68. The lowest BCUT2D eigenvalue weighted by atomic mass is 10.1. The zero-order valence-electron chi connectivity index (χ0n) is 10.7. The van der Waals surface area contributed by atoms with Crippen molar-refractivity contribution in [3.63, 3.8) is 0 Å². The predicted octanol–water partition coefficient (Wildman–Crippen LogP) is 1.91. The Hall–Kier alpha value is -0.120. The molecule has 1 saturated carbocycles. The summed E-state index contributed by atoms with van der Waals surface area (Å²) in [7, 11) is 0. The molecule has 1 fully saturated rings. The summed E-state index contributed by atoms with van der Waals surface area (Å²) >= 11 is 0. The quantitative estimate of drug-likeness (QED) is 0.531. The molecule has 0 aliphatic heterocycles. The molecule has 0 aromatic carbocycles. The Morgan fingerprint density at radius 3 is 2.69 bits per heavy atom. The monoisotopic (exact) mass is 228 g/mol. The van der Waals surface area contributed by atoms with E-state index in [1.807, 2.05) is 0 Å². The first-order chi connectivity index (χ1) is 7.79. The van der Waals surface area contributed by atoms with Gasteiger partial charge in [-0.3, -0.25) is 0 Å². The van der Waals surface area contributed by atoms with Crippen LogP contribution in [0.2, 0.25) is 0 Å². The fraction of sp³-hybridized carbons (Fsp3) is 1.00. The van der Waals surface area contributed by atoms with Gasteiger partial charge < -0.3 is 15.8 Å². The first-order valence-electron chi connectivity index (χ1n) is 6.83. The van der Waals surface area contributed by atoms with Gasteiger partial charge in [0.05, 0.1) is 0 Å². The Balaban J connectivity index is 1.64. The average molecular weight is 228 g/mol. The first-order valence-corrected chi connectivity index (χ1v) is 6.83. The van der Waals surface area contributed by atoms with Gasteiger partial charge in [-0.1, -0.05) is 6.42 Å². The highest BCUT2D eigenvalue weighted by atomic mass is 16.5. The van der Waals surface area contributed by atoms with Gasteiger partial charge in [0.1, 0.15) is 0 Å². The molecule has 16 heavy (non-hydrogen) atoms. The lowest BCUT2D eigenvalue weighted by Gasteiger charge is -2.06. The van der Waals surface area contributed by atoms with E-state index in [0.29, 0.717) is 6.04 Å². The van der Waals surface area contributed by atoms with Crippen molar-refractivity contribution < 1.29 is 4.74 Å². The van der Waals surface area contributed by atoms with E-state index in [-0.39, 0.29) is 0 Å². The predicted molar refractivity (Wildman–Crippen MR) is 68.5 cm³/mol. The van der Waals surface area contributed by atoms with Crippen LogP contribution in [0.15, 0.2) is 0 Å². The summed E-state index contributed by atoms with van der Waals surface area (Å²) in [6, 6.07) is 0.357. The van der Waals surface area contributed by atoms with Crippen LogP contribution in [0.5, 0.6) is 0 Å². The van der Waals surface area contributed by atoms with E-state index in [1.165, 1.54) is 25.7 Å². The van der Waals surface area contributed by atoms with Crippen LogP contribution in [0.3, 0.4) is 0 Å². The average Bonchev–Trinajstić information content (AvgIpc) is 3.04. The second-order valence-electron chi connectivity index (χ2n) is 5.09. The van der Waals surface area contributed by atoms with Gasteiger partial charge in [0.2, 0.25) is 0 Å². The summed E-state index contributed by atoms with van der Waals surface area (Å²) < 4.78 is 5.56. The lowest BCUT2D eigenvalue weighted by molar-refractivity contribution is 0.122. The molecule has 0 radical (unpaired) electrons. The van der Waals surface area contributed by atoms with Crippen molar-refractivity contribution in [3.8, 4) is 0 Å². The normalized spacial score (nSPS) is 17.6. The summed E-state index contributed by atoms with van der Waals surface area (Å²) in [6.45, 7) is 6.19. The highest BCUT2D eigenvalue weighted by molar-refractivity contribution is 4.71. The van der Waals surface area contributed by atoms with Gasteiger partial charge in [-0.15, -0.1) is 0 Å². The molecule has 0 aromatic rings. The molecule has 1 rings (SSSR count). The van der Waals surface area contributed by atoms with Crippen LogP contribution in [0.25, 0.3) is 0 Å². The van der Waals surface area contributed by atoms with E-state index >= 15 is 0 Å². The molecular weight excluding hydrogens is 200 g/mol. The SMILES string of the molecule is CC(N)CCCCNCCCOCC1CC1. The summed E-state index contributed by atoms with van der Waals surface area (Å²) in [5.74, 6) is 0.895. The molecule has 0 saturated heterocycles. The third-order valence-electron chi connectivity index (χ3n) is 2.96. The largest absolute Gasteiger partial charge is 0.381 e. The maximum absolute atomic E-state index is 5.68. The van der Waals surface area contributed by atoms with Crippen LogP contribution < -0.4 is 11.1 Å². The first kappa shape index (κ1) is 13.9. The molecule has 0 amide bonds. The minimum atomic E-state index is 0.357. The number of rotatable bonds is 11. The number of hydrogen-bond acceptors (Lipinski definition) is 3. The van der Waals surface area contributed by atoms with Gasteiger partial charge in [-0.25, -0.2) is 0 Å². The van der Waals surface area contributed by atoms with Gasteiger partial charge >= 0.3 is 0 Å². The van der Waals surface area contributed by atoms with Crippen LogP contribution >= 0.6 is 0 Å².